The molecule has 0 nitrogen and oxygen atoms in total. The average Bonchev–Trinajstić information content (AvgIpc) is 2.16. The molecule has 0 unspecified atom stereocenters. The van der Waals surface area contributed by atoms with E-state index in [9.17, 15) is 0 Å². The van der Waals surface area contributed by atoms with Crippen LogP contribution in [0.1, 0.15) is 46.0 Å². The summed E-state index contributed by atoms with van der Waals surface area (Å²) >= 11 is 0. The van der Waals surface area contributed by atoms with Crippen LogP contribution in [-0.4, -0.2) is 24.6 Å². The van der Waals surface area contributed by atoms with Gasteiger partial charge in [-0.3, -0.25) is 0 Å². The zero-order valence-corrected chi connectivity index (χ0v) is 9.86. The van der Waals surface area contributed by atoms with E-state index in [1.807, 2.05) is 0 Å². The molecule has 0 aliphatic carbocycles. The van der Waals surface area contributed by atoms with Gasteiger partial charge in [0.15, 0.2) is 0 Å². The van der Waals surface area contributed by atoms with Gasteiger partial charge in [0.1, 0.15) is 0 Å². The predicted octanol–water partition coefficient (Wildman–Crippen LogP) is 3.74. The van der Waals surface area contributed by atoms with Crippen LogP contribution in [0.15, 0.2) is 0 Å². The van der Waals surface area contributed by atoms with Crippen molar-refractivity contribution in [3.63, 3.8) is 0 Å². The summed E-state index contributed by atoms with van der Waals surface area (Å²) in [6.07, 6.45) is 14.1. The van der Waals surface area contributed by atoms with E-state index in [2.05, 4.69) is 13.8 Å². The first kappa shape index (κ1) is 10.5. The molecule has 0 aromatic rings. The summed E-state index contributed by atoms with van der Waals surface area (Å²) in [7, 11) is -0.678. The Balaban J connectivity index is 2.37. The van der Waals surface area contributed by atoms with Crippen LogP contribution in [0.5, 0.6) is 0 Å². The molecule has 0 radical (unpaired) electrons. The van der Waals surface area contributed by atoms with E-state index < -0.39 is 7.26 Å². The van der Waals surface area contributed by atoms with Gasteiger partial charge in [0, 0.05) is 0 Å². The van der Waals surface area contributed by atoms with Gasteiger partial charge in [-0.2, -0.15) is 0 Å². The summed E-state index contributed by atoms with van der Waals surface area (Å²) < 4.78 is 0. The van der Waals surface area contributed by atoms with E-state index in [-0.39, 0.29) is 0 Å². The quantitative estimate of drug-likeness (QED) is 0.589. The van der Waals surface area contributed by atoms with Crippen LogP contribution in [0.3, 0.4) is 0 Å². The third-order valence-corrected chi connectivity index (χ3v) is 9.47. The molecule has 1 saturated heterocycles. The third kappa shape index (κ3) is 2.73. The first-order valence-corrected chi connectivity index (χ1v) is 8.66. The number of hydrogen-bond acceptors (Lipinski definition) is 0. The topological polar surface area (TPSA) is 0 Å². The van der Waals surface area contributed by atoms with E-state index in [0.717, 1.165) is 0 Å². The van der Waals surface area contributed by atoms with Crippen LogP contribution < -0.4 is 0 Å². The Morgan fingerprint density at radius 1 is 1.00 bits per heavy atom. The average molecular weight is 188 g/mol. The van der Waals surface area contributed by atoms with Gasteiger partial charge in [-0.15, -0.1) is 0 Å². The molecule has 1 aliphatic rings. The minimum atomic E-state index is -0.678. The van der Waals surface area contributed by atoms with Crippen molar-refractivity contribution in [3.8, 4) is 0 Å². The molecule has 0 spiro atoms. The molecule has 1 rings (SSSR count). The normalized spacial score (nSPS) is 25.2. The fourth-order valence-corrected chi connectivity index (χ4v) is 7.55. The van der Waals surface area contributed by atoms with E-state index >= 15 is 0 Å². The summed E-state index contributed by atoms with van der Waals surface area (Å²) in [4.78, 5) is 0. The molecule has 1 heterocycles. The number of unbranched alkanes of at least 4 members (excludes halogenated alkanes) is 1. The first-order valence-electron chi connectivity index (χ1n) is 5.83. The van der Waals surface area contributed by atoms with E-state index in [1.54, 1.807) is 37.5 Å². The SMILES string of the molecule is CCCC[PH]1(CC)CCCCC1. The first-order chi connectivity index (χ1) is 5.83. The Hall–Kier alpha value is 0.430. The van der Waals surface area contributed by atoms with Crippen LogP contribution in [0, 0.1) is 0 Å². The van der Waals surface area contributed by atoms with Crippen molar-refractivity contribution in [3.05, 3.63) is 0 Å². The second kappa shape index (κ2) is 5.22. The number of hydrogen-bond donors (Lipinski definition) is 0. The Morgan fingerprint density at radius 3 is 2.17 bits per heavy atom. The Labute approximate surface area is 78.5 Å². The van der Waals surface area contributed by atoms with Gasteiger partial charge in [0.05, 0.1) is 0 Å². The van der Waals surface area contributed by atoms with Crippen molar-refractivity contribution in [2.75, 3.05) is 24.6 Å². The van der Waals surface area contributed by atoms with Gasteiger partial charge in [0.25, 0.3) is 0 Å². The molecular weight excluding hydrogens is 163 g/mol. The zero-order chi connectivity index (χ0) is 8.86. The van der Waals surface area contributed by atoms with Gasteiger partial charge in [0.2, 0.25) is 0 Å². The summed E-state index contributed by atoms with van der Waals surface area (Å²) in [6.45, 7) is 4.79. The molecule has 0 aromatic carbocycles. The van der Waals surface area contributed by atoms with Gasteiger partial charge < -0.3 is 0 Å². The standard InChI is InChI=1S/C11H25P/c1-3-5-9-12(4-2)10-7-6-8-11-12/h12H,3-11H2,1-2H3. The second-order valence-electron chi connectivity index (χ2n) is 4.52. The molecule has 1 aliphatic heterocycles. The summed E-state index contributed by atoms with van der Waals surface area (Å²) in [5.74, 6) is 0. The van der Waals surface area contributed by atoms with Crippen molar-refractivity contribution in [1.29, 1.82) is 0 Å². The maximum atomic E-state index is 2.45. The molecular formula is C11H25P. The Morgan fingerprint density at radius 2 is 1.67 bits per heavy atom. The molecule has 0 bridgehead atoms. The number of rotatable bonds is 4. The molecule has 1 fully saturated rings. The molecule has 0 N–H and O–H groups in total. The summed E-state index contributed by atoms with van der Waals surface area (Å²) in [6, 6.07) is 0. The molecule has 0 saturated carbocycles. The molecule has 0 aromatic heterocycles. The van der Waals surface area contributed by atoms with E-state index in [0.29, 0.717) is 0 Å². The van der Waals surface area contributed by atoms with Crippen LogP contribution in [0.2, 0.25) is 0 Å². The Kier molecular flexibility index (Phi) is 4.57. The van der Waals surface area contributed by atoms with Gasteiger partial charge in [-0.25, -0.2) is 0 Å². The predicted molar refractivity (Wildman–Crippen MR) is 62.2 cm³/mol. The van der Waals surface area contributed by atoms with E-state index in [4.69, 9.17) is 0 Å². The zero-order valence-electron chi connectivity index (χ0n) is 8.86. The van der Waals surface area contributed by atoms with Crippen molar-refractivity contribution in [1.82, 2.24) is 0 Å². The van der Waals surface area contributed by atoms with E-state index in [1.165, 1.54) is 19.3 Å². The van der Waals surface area contributed by atoms with Crippen LogP contribution in [-0.2, 0) is 0 Å². The third-order valence-electron chi connectivity index (χ3n) is 3.72. The molecule has 74 valence electrons. The molecule has 0 atom stereocenters. The van der Waals surface area contributed by atoms with Crippen molar-refractivity contribution in [2.24, 2.45) is 0 Å². The second-order valence-corrected chi connectivity index (χ2v) is 9.72. The van der Waals surface area contributed by atoms with Crippen LogP contribution in [0.25, 0.3) is 0 Å². The fraction of sp³-hybridized carbons (Fsp3) is 1.00. The molecule has 0 amide bonds. The van der Waals surface area contributed by atoms with Gasteiger partial charge in [-0.05, 0) is 0 Å². The van der Waals surface area contributed by atoms with Crippen LogP contribution >= 0.6 is 7.26 Å². The van der Waals surface area contributed by atoms with Crippen molar-refractivity contribution >= 4 is 7.26 Å². The monoisotopic (exact) mass is 188 g/mol. The fourth-order valence-electron chi connectivity index (χ4n) is 2.63. The minimum absolute atomic E-state index is 0.678. The van der Waals surface area contributed by atoms with Gasteiger partial charge in [-0.1, -0.05) is 0 Å². The summed E-state index contributed by atoms with van der Waals surface area (Å²) in [5.41, 5.74) is 0. The Bertz CT molecular complexity index is 114. The van der Waals surface area contributed by atoms with Crippen molar-refractivity contribution in [2.45, 2.75) is 46.0 Å². The van der Waals surface area contributed by atoms with Crippen molar-refractivity contribution < 1.29 is 0 Å². The maximum absolute atomic E-state index is 2.45. The van der Waals surface area contributed by atoms with Crippen LogP contribution in [0.4, 0.5) is 0 Å². The van der Waals surface area contributed by atoms with Gasteiger partial charge >= 0.3 is 77.9 Å². The molecule has 12 heavy (non-hydrogen) atoms. The summed E-state index contributed by atoms with van der Waals surface area (Å²) in [5, 5.41) is 0. The molecule has 1 heteroatoms.